The second kappa shape index (κ2) is 6.63. The molecule has 1 atom stereocenters. The van der Waals surface area contributed by atoms with Crippen molar-refractivity contribution in [1.29, 1.82) is 0 Å². The van der Waals surface area contributed by atoms with Gasteiger partial charge >= 0.3 is 5.97 Å². The van der Waals surface area contributed by atoms with Crippen molar-refractivity contribution in [2.45, 2.75) is 33.2 Å². The maximum atomic E-state index is 12.1. The molecule has 1 rings (SSSR count). The van der Waals surface area contributed by atoms with Gasteiger partial charge in [0.05, 0.1) is 5.69 Å². The number of aromatic nitrogens is 1. The summed E-state index contributed by atoms with van der Waals surface area (Å²) in [7, 11) is 1.58. The number of nitrogens with one attached hydrogen (secondary N) is 1. The molecule has 0 aliphatic heterocycles. The molecule has 1 aromatic heterocycles. The van der Waals surface area contributed by atoms with Gasteiger partial charge in [-0.15, -0.1) is 0 Å². The van der Waals surface area contributed by atoms with E-state index in [9.17, 15) is 9.59 Å². The molecule has 6 nitrogen and oxygen atoms in total. The number of amides is 1. The number of aromatic carboxylic acids is 1. The summed E-state index contributed by atoms with van der Waals surface area (Å²) >= 11 is 1.04. The molecule has 0 aliphatic rings. The van der Waals surface area contributed by atoms with E-state index in [1.807, 2.05) is 13.8 Å². The van der Waals surface area contributed by atoms with Gasteiger partial charge in [-0.2, -0.15) is 4.37 Å². The Bertz CT molecular complexity index is 473. The Morgan fingerprint density at radius 3 is 2.68 bits per heavy atom. The standard InChI is InChI=1S/C12H19N3O3S/c1-5-13-7(2)6-9(16)15(4)11-10(12(17)18)8(3)14-19-11/h7,13H,5-6H2,1-4H3,(H,17,18). The molecule has 2 N–H and O–H groups in total. The third-order valence-corrected chi connectivity index (χ3v) is 3.79. The van der Waals surface area contributed by atoms with Crippen molar-refractivity contribution in [3.8, 4) is 0 Å². The van der Waals surface area contributed by atoms with E-state index in [0.717, 1.165) is 18.1 Å². The third-order valence-electron chi connectivity index (χ3n) is 2.77. The molecule has 1 unspecified atom stereocenters. The monoisotopic (exact) mass is 285 g/mol. The largest absolute Gasteiger partial charge is 0.478 e. The molecule has 0 aromatic carbocycles. The molecule has 0 bridgehead atoms. The Balaban J connectivity index is 2.85. The number of carboxylic acid groups (broad SMARTS) is 1. The van der Waals surface area contributed by atoms with E-state index in [0.29, 0.717) is 17.1 Å². The summed E-state index contributed by atoms with van der Waals surface area (Å²) in [5.74, 6) is -1.18. The molecule has 0 saturated carbocycles. The minimum Gasteiger partial charge on any atom is -0.478 e. The molecule has 0 saturated heterocycles. The van der Waals surface area contributed by atoms with Gasteiger partial charge in [0.15, 0.2) is 0 Å². The summed E-state index contributed by atoms with van der Waals surface area (Å²) in [5.41, 5.74) is 0.545. The van der Waals surface area contributed by atoms with E-state index in [4.69, 9.17) is 5.11 Å². The molecule has 1 aromatic rings. The smallest absolute Gasteiger partial charge is 0.340 e. The minimum atomic E-state index is -1.05. The summed E-state index contributed by atoms with van der Waals surface area (Å²) in [4.78, 5) is 24.6. The van der Waals surface area contributed by atoms with Crippen LogP contribution in [0.3, 0.4) is 0 Å². The Labute approximate surface area is 116 Å². The van der Waals surface area contributed by atoms with Gasteiger partial charge in [0.2, 0.25) is 5.91 Å². The molecule has 0 spiro atoms. The third kappa shape index (κ3) is 3.74. The Kier molecular flexibility index (Phi) is 5.44. The topological polar surface area (TPSA) is 82.5 Å². The van der Waals surface area contributed by atoms with Crippen LogP contribution in [0.2, 0.25) is 0 Å². The normalized spacial score (nSPS) is 12.2. The second-order valence-electron chi connectivity index (χ2n) is 4.37. The first-order valence-corrected chi connectivity index (χ1v) is 6.85. The highest BCUT2D eigenvalue weighted by Crippen LogP contribution is 2.28. The number of aryl methyl sites for hydroxylation is 1. The highest BCUT2D eigenvalue weighted by Gasteiger charge is 2.24. The molecule has 0 aliphatic carbocycles. The molecular weight excluding hydrogens is 266 g/mol. The number of rotatable bonds is 6. The van der Waals surface area contributed by atoms with Gasteiger partial charge in [0, 0.05) is 19.5 Å². The average molecular weight is 285 g/mol. The van der Waals surface area contributed by atoms with Crippen molar-refractivity contribution < 1.29 is 14.7 Å². The van der Waals surface area contributed by atoms with E-state index in [1.54, 1.807) is 14.0 Å². The van der Waals surface area contributed by atoms with Crippen molar-refractivity contribution in [2.75, 3.05) is 18.5 Å². The fourth-order valence-electron chi connectivity index (χ4n) is 1.77. The zero-order valence-corrected chi connectivity index (χ0v) is 12.4. The number of carbonyl (C=O) groups excluding carboxylic acids is 1. The lowest BCUT2D eigenvalue weighted by Crippen LogP contribution is -2.35. The Hall–Kier alpha value is -1.47. The number of hydrogen-bond donors (Lipinski definition) is 2. The number of carboxylic acids is 1. The van der Waals surface area contributed by atoms with Gasteiger partial charge in [-0.25, -0.2) is 4.79 Å². The van der Waals surface area contributed by atoms with E-state index < -0.39 is 5.97 Å². The van der Waals surface area contributed by atoms with Crippen LogP contribution in [0.5, 0.6) is 0 Å². The summed E-state index contributed by atoms with van der Waals surface area (Å²) in [6, 6.07) is 0.0576. The highest BCUT2D eigenvalue weighted by atomic mass is 32.1. The first-order valence-electron chi connectivity index (χ1n) is 6.08. The van der Waals surface area contributed by atoms with Crippen LogP contribution < -0.4 is 10.2 Å². The van der Waals surface area contributed by atoms with Crippen molar-refractivity contribution in [3.05, 3.63) is 11.3 Å². The number of hydrogen-bond acceptors (Lipinski definition) is 5. The SMILES string of the molecule is CCNC(C)CC(=O)N(C)c1snc(C)c1C(=O)O. The fraction of sp³-hybridized carbons (Fsp3) is 0.583. The van der Waals surface area contributed by atoms with Crippen molar-refractivity contribution in [3.63, 3.8) is 0 Å². The van der Waals surface area contributed by atoms with E-state index >= 15 is 0 Å². The van der Waals surface area contributed by atoms with Gasteiger partial charge < -0.3 is 15.3 Å². The van der Waals surface area contributed by atoms with Crippen LogP contribution in [-0.2, 0) is 4.79 Å². The van der Waals surface area contributed by atoms with E-state index in [2.05, 4.69) is 9.69 Å². The summed E-state index contributed by atoms with van der Waals surface area (Å²) in [5, 5.41) is 12.7. The molecule has 0 radical (unpaired) electrons. The van der Waals surface area contributed by atoms with Gasteiger partial charge in [0.25, 0.3) is 0 Å². The van der Waals surface area contributed by atoms with Gasteiger partial charge in [0.1, 0.15) is 10.6 Å². The Morgan fingerprint density at radius 1 is 1.53 bits per heavy atom. The first kappa shape index (κ1) is 15.6. The Morgan fingerprint density at radius 2 is 2.16 bits per heavy atom. The molecule has 7 heteroatoms. The van der Waals surface area contributed by atoms with Crippen molar-refractivity contribution in [2.24, 2.45) is 0 Å². The zero-order valence-electron chi connectivity index (χ0n) is 11.6. The molecule has 0 fully saturated rings. The van der Waals surface area contributed by atoms with Crippen LogP contribution in [-0.4, -0.2) is 41.0 Å². The van der Waals surface area contributed by atoms with Gasteiger partial charge in [-0.1, -0.05) is 6.92 Å². The average Bonchev–Trinajstić information content (AvgIpc) is 2.70. The second-order valence-corrected chi connectivity index (χ2v) is 5.12. The quantitative estimate of drug-likeness (QED) is 0.827. The zero-order chi connectivity index (χ0) is 14.6. The fourth-order valence-corrected chi connectivity index (χ4v) is 2.63. The minimum absolute atomic E-state index is 0.0576. The predicted molar refractivity (Wildman–Crippen MR) is 75.0 cm³/mol. The molecule has 106 valence electrons. The number of anilines is 1. The highest BCUT2D eigenvalue weighted by molar-refractivity contribution is 7.11. The van der Waals surface area contributed by atoms with Gasteiger partial charge in [-0.3, -0.25) is 4.79 Å². The maximum absolute atomic E-state index is 12.1. The van der Waals surface area contributed by atoms with Crippen LogP contribution in [0, 0.1) is 6.92 Å². The van der Waals surface area contributed by atoms with Crippen LogP contribution in [0.15, 0.2) is 0 Å². The predicted octanol–water partition coefficient (Wildman–Crippen LogP) is 1.50. The summed E-state index contributed by atoms with van der Waals surface area (Å²) in [6.45, 7) is 6.31. The van der Waals surface area contributed by atoms with E-state index in [1.165, 1.54) is 4.90 Å². The summed E-state index contributed by atoms with van der Waals surface area (Å²) in [6.07, 6.45) is 0.320. The molecule has 19 heavy (non-hydrogen) atoms. The maximum Gasteiger partial charge on any atom is 0.340 e. The molecule has 1 amide bonds. The number of carbonyl (C=O) groups is 2. The van der Waals surface area contributed by atoms with E-state index in [-0.39, 0.29) is 17.5 Å². The summed E-state index contributed by atoms with van der Waals surface area (Å²) < 4.78 is 4.01. The first-order chi connectivity index (χ1) is 8.88. The molecule has 1 heterocycles. The lowest BCUT2D eigenvalue weighted by atomic mass is 10.2. The van der Waals surface area contributed by atoms with Gasteiger partial charge in [-0.05, 0) is 31.9 Å². The van der Waals surface area contributed by atoms with Crippen LogP contribution in [0.4, 0.5) is 5.00 Å². The molecular formula is C12H19N3O3S. The van der Waals surface area contributed by atoms with Crippen LogP contribution in [0.25, 0.3) is 0 Å². The number of nitrogens with zero attached hydrogens (tertiary/aromatic N) is 2. The lowest BCUT2D eigenvalue weighted by Gasteiger charge is -2.19. The van der Waals surface area contributed by atoms with Crippen molar-refractivity contribution >= 4 is 28.4 Å². The lowest BCUT2D eigenvalue weighted by molar-refractivity contribution is -0.118. The van der Waals surface area contributed by atoms with Crippen LogP contribution >= 0.6 is 11.5 Å². The van der Waals surface area contributed by atoms with Crippen molar-refractivity contribution in [1.82, 2.24) is 9.69 Å². The van der Waals surface area contributed by atoms with Crippen LogP contribution in [0.1, 0.15) is 36.3 Å².